The van der Waals surface area contributed by atoms with Crippen LogP contribution in [0.5, 0.6) is 5.75 Å². The van der Waals surface area contributed by atoms with Gasteiger partial charge < -0.3 is 24.4 Å². The van der Waals surface area contributed by atoms with Gasteiger partial charge in [-0.15, -0.1) is 0 Å². The summed E-state index contributed by atoms with van der Waals surface area (Å²) in [6, 6.07) is 5.81. The minimum absolute atomic E-state index is 0.0998. The van der Waals surface area contributed by atoms with E-state index in [0.717, 1.165) is 19.3 Å². The number of unbranched alkanes of at least 4 members (excludes halogenated alkanes) is 9. The minimum Gasteiger partial charge on any atom is -0.491 e. The number of carbonyl (C=O) groups excluding carboxylic acids is 3. The molecule has 1 aromatic rings. The first-order valence-electron chi connectivity index (χ1n) is 14.2. The molecule has 0 spiro atoms. The van der Waals surface area contributed by atoms with Crippen LogP contribution in [0.1, 0.15) is 87.9 Å². The fourth-order valence-corrected chi connectivity index (χ4v) is 4.65. The molecule has 0 radical (unpaired) electrons. The van der Waals surface area contributed by atoms with Crippen molar-refractivity contribution >= 4 is 35.1 Å². The maximum absolute atomic E-state index is 12.7. The summed E-state index contributed by atoms with van der Waals surface area (Å²) in [5.74, 6) is -0.547. The number of hydrogen-bond acceptors (Lipinski definition) is 7. The lowest BCUT2D eigenvalue weighted by Gasteiger charge is -2.36. The van der Waals surface area contributed by atoms with E-state index in [1.807, 2.05) is 0 Å². The molecule has 39 heavy (non-hydrogen) atoms. The van der Waals surface area contributed by atoms with E-state index in [1.165, 1.54) is 44.9 Å². The summed E-state index contributed by atoms with van der Waals surface area (Å²) < 4.78 is 15.9. The predicted molar refractivity (Wildman–Crippen MR) is 155 cm³/mol. The van der Waals surface area contributed by atoms with Crippen molar-refractivity contribution in [3.63, 3.8) is 0 Å². The second-order valence-electron chi connectivity index (χ2n) is 9.73. The number of esters is 1. The van der Waals surface area contributed by atoms with Gasteiger partial charge >= 0.3 is 5.97 Å². The van der Waals surface area contributed by atoms with Crippen LogP contribution in [0.25, 0.3) is 0 Å². The van der Waals surface area contributed by atoms with Crippen LogP contribution in [-0.2, 0) is 19.1 Å². The fourth-order valence-electron chi connectivity index (χ4n) is 4.34. The maximum Gasteiger partial charge on any atom is 0.308 e. The topological polar surface area (TPSA) is 106 Å². The van der Waals surface area contributed by atoms with Gasteiger partial charge in [-0.25, -0.2) is 0 Å². The number of thiocarbonyl (C=S) groups is 1. The van der Waals surface area contributed by atoms with Gasteiger partial charge in [-0.1, -0.05) is 64.7 Å². The van der Waals surface area contributed by atoms with E-state index in [1.54, 1.807) is 36.3 Å². The van der Waals surface area contributed by atoms with Gasteiger partial charge in [0.2, 0.25) is 5.91 Å². The van der Waals surface area contributed by atoms with Gasteiger partial charge in [0.25, 0.3) is 5.91 Å². The van der Waals surface area contributed by atoms with Crippen LogP contribution in [0, 0.1) is 0 Å². The van der Waals surface area contributed by atoms with Crippen LogP contribution < -0.4 is 15.4 Å². The fraction of sp³-hybridized carbons (Fsp3) is 0.655. The Kier molecular flexibility index (Phi) is 16.1. The molecular formula is C29H45N3O6S. The Labute approximate surface area is 238 Å². The van der Waals surface area contributed by atoms with Crippen molar-refractivity contribution < 1.29 is 28.6 Å². The van der Waals surface area contributed by atoms with E-state index in [4.69, 9.17) is 26.4 Å². The third kappa shape index (κ3) is 12.8. The quantitative estimate of drug-likeness (QED) is 0.154. The Bertz CT molecular complexity index is 896. The maximum atomic E-state index is 12.7. The molecule has 1 fully saturated rings. The van der Waals surface area contributed by atoms with Crippen LogP contribution in [0.3, 0.4) is 0 Å². The normalized spacial score (nSPS) is 15.0. The Morgan fingerprint density at radius 3 is 2.26 bits per heavy atom. The van der Waals surface area contributed by atoms with Crippen LogP contribution in [0.2, 0.25) is 0 Å². The summed E-state index contributed by atoms with van der Waals surface area (Å²) >= 11 is 5.44. The number of hydrogen-bond donors (Lipinski definition) is 2. The molecule has 0 aromatic heterocycles. The number of rotatable bonds is 18. The lowest BCUT2D eigenvalue weighted by molar-refractivity contribution is -0.147. The zero-order valence-electron chi connectivity index (χ0n) is 23.5. The van der Waals surface area contributed by atoms with Gasteiger partial charge in [0, 0.05) is 25.8 Å². The summed E-state index contributed by atoms with van der Waals surface area (Å²) in [6.45, 7) is 4.20. The zero-order chi connectivity index (χ0) is 28.3. The molecule has 0 bridgehead atoms. The molecule has 2 amide bonds. The highest BCUT2D eigenvalue weighted by atomic mass is 32.1. The number of piperazine rings is 1. The van der Waals surface area contributed by atoms with Crippen LogP contribution in [-0.4, -0.2) is 73.9 Å². The first kappa shape index (κ1) is 32.5. The summed E-state index contributed by atoms with van der Waals surface area (Å²) in [7, 11) is 1.60. The average molecular weight is 564 g/mol. The number of ether oxygens (including phenoxy) is 3. The first-order valence-corrected chi connectivity index (χ1v) is 14.6. The van der Waals surface area contributed by atoms with Gasteiger partial charge in [-0.3, -0.25) is 19.7 Å². The molecule has 0 saturated carbocycles. The van der Waals surface area contributed by atoms with Crippen molar-refractivity contribution in [2.75, 3.05) is 40.0 Å². The van der Waals surface area contributed by atoms with Crippen LogP contribution >= 0.6 is 12.2 Å². The van der Waals surface area contributed by atoms with Gasteiger partial charge in [0.1, 0.15) is 18.4 Å². The van der Waals surface area contributed by atoms with Crippen molar-refractivity contribution in [3.05, 3.63) is 29.8 Å². The van der Waals surface area contributed by atoms with Gasteiger partial charge in [-0.05, 0) is 42.9 Å². The first-order chi connectivity index (χ1) is 19.0. The van der Waals surface area contributed by atoms with Gasteiger partial charge in [0.15, 0.2) is 5.11 Å². The third-order valence-corrected chi connectivity index (χ3v) is 6.94. The van der Waals surface area contributed by atoms with Crippen molar-refractivity contribution in [1.29, 1.82) is 0 Å². The zero-order valence-corrected chi connectivity index (χ0v) is 24.3. The number of carbonyl (C=O) groups is 3. The standard InChI is InChI=1S/C29H45N3O6S/c1-3-4-5-6-7-8-9-10-11-12-19-38-26(33)22-25-28(35)30-17-18-32(25)29(39)31-27(34)23-13-15-24(16-14-23)37-21-20-36-2/h13-16,25H,3-12,17-22H2,1-2H3,(H,30,35)(H,31,34,39). The van der Waals surface area contributed by atoms with E-state index in [2.05, 4.69) is 17.6 Å². The summed E-state index contributed by atoms with van der Waals surface area (Å²) in [4.78, 5) is 39.3. The monoisotopic (exact) mass is 563 g/mol. The summed E-state index contributed by atoms with van der Waals surface area (Å²) in [5.41, 5.74) is 0.394. The molecule has 1 heterocycles. The Morgan fingerprint density at radius 2 is 1.62 bits per heavy atom. The van der Waals surface area contributed by atoms with Crippen molar-refractivity contribution in [1.82, 2.24) is 15.5 Å². The third-order valence-electron chi connectivity index (χ3n) is 6.61. The predicted octanol–water partition coefficient (Wildman–Crippen LogP) is 4.38. The summed E-state index contributed by atoms with van der Waals surface area (Å²) in [6.07, 6.45) is 11.9. The van der Waals surface area contributed by atoms with Crippen molar-refractivity contribution in [2.24, 2.45) is 0 Å². The highest BCUT2D eigenvalue weighted by molar-refractivity contribution is 7.80. The van der Waals surface area contributed by atoms with E-state index in [0.29, 0.717) is 44.2 Å². The summed E-state index contributed by atoms with van der Waals surface area (Å²) in [5, 5.41) is 5.54. The number of nitrogens with one attached hydrogen (secondary N) is 2. The van der Waals surface area contributed by atoms with Crippen LogP contribution in [0.4, 0.5) is 0 Å². The van der Waals surface area contributed by atoms with Crippen molar-refractivity contribution in [3.8, 4) is 5.75 Å². The lowest BCUT2D eigenvalue weighted by atomic mass is 10.1. The smallest absolute Gasteiger partial charge is 0.308 e. The molecule has 0 aliphatic carbocycles. The molecule has 1 aliphatic heterocycles. The second-order valence-corrected chi connectivity index (χ2v) is 10.1. The number of methoxy groups -OCH3 is 1. The molecule has 218 valence electrons. The van der Waals surface area contributed by atoms with E-state index in [-0.39, 0.29) is 17.4 Å². The van der Waals surface area contributed by atoms with Gasteiger partial charge in [0.05, 0.1) is 19.6 Å². The molecule has 10 heteroatoms. The second kappa shape index (κ2) is 19.4. The molecule has 1 aliphatic rings. The Morgan fingerprint density at radius 1 is 0.974 bits per heavy atom. The van der Waals surface area contributed by atoms with Crippen LogP contribution in [0.15, 0.2) is 24.3 Å². The average Bonchev–Trinajstić information content (AvgIpc) is 2.93. The largest absolute Gasteiger partial charge is 0.491 e. The highest BCUT2D eigenvalue weighted by Crippen LogP contribution is 2.15. The van der Waals surface area contributed by atoms with E-state index < -0.39 is 17.9 Å². The SMILES string of the molecule is CCCCCCCCCCCCOC(=O)CC1C(=O)NCCN1C(=S)NC(=O)c1ccc(OCCOC)cc1. The molecule has 2 rings (SSSR count). The number of amides is 2. The molecule has 1 unspecified atom stereocenters. The number of benzene rings is 1. The molecule has 9 nitrogen and oxygen atoms in total. The molecule has 1 saturated heterocycles. The molecule has 1 aromatic carbocycles. The van der Waals surface area contributed by atoms with Gasteiger partial charge in [-0.2, -0.15) is 0 Å². The number of nitrogens with zero attached hydrogens (tertiary/aromatic N) is 1. The van der Waals surface area contributed by atoms with E-state index >= 15 is 0 Å². The molecule has 1 atom stereocenters. The van der Waals surface area contributed by atoms with Crippen molar-refractivity contribution in [2.45, 2.75) is 83.6 Å². The molecular weight excluding hydrogens is 518 g/mol. The Hall–Kier alpha value is -2.72. The highest BCUT2D eigenvalue weighted by Gasteiger charge is 2.34. The Balaban J connectivity index is 1.73. The van der Waals surface area contributed by atoms with E-state index in [9.17, 15) is 14.4 Å². The lowest BCUT2D eigenvalue weighted by Crippen LogP contribution is -2.60. The molecule has 2 N–H and O–H groups in total. The minimum atomic E-state index is -0.830.